The van der Waals surface area contributed by atoms with Crippen LogP contribution in [0.3, 0.4) is 0 Å². The standard InChI is InChI=1S/C14H13NO2S.C8H9N.C6H5ClO2S.CH4/c16-18(17,13-7-2-1-3-8-13)15-11-10-12-6-4-5-9-14(12)15;1-2-4-8-7(3-1)5-6-9-8;7-10(8,9)6-4-2-1-3-5-6;/h1-9H,10-11H2;1-4,9H,5-6H2;1-5H;1H4. The van der Waals surface area contributed by atoms with Crippen LogP contribution in [0.4, 0.5) is 11.4 Å². The molecule has 0 bridgehead atoms. The largest absolute Gasteiger partial charge is 0.384 e. The summed E-state index contributed by atoms with van der Waals surface area (Å²) in [6, 6.07) is 32.6. The van der Waals surface area contributed by atoms with Gasteiger partial charge in [0, 0.05) is 29.5 Å². The van der Waals surface area contributed by atoms with E-state index in [0.717, 1.165) is 24.2 Å². The molecule has 0 spiro atoms. The predicted molar refractivity (Wildman–Crippen MR) is 156 cm³/mol. The minimum Gasteiger partial charge on any atom is -0.384 e. The fourth-order valence-electron chi connectivity index (χ4n) is 4.10. The summed E-state index contributed by atoms with van der Waals surface area (Å²) in [6.45, 7) is 1.63. The van der Waals surface area contributed by atoms with E-state index in [4.69, 9.17) is 10.7 Å². The molecule has 0 saturated carbocycles. The molecule has 1 N–H and O–H groups in total. The molecular formula is C29H31ClN2O4S2. The summed E-state index contributed by atoms with van der Waals surface area (Å²) in [7, 11) is -1.92. The molecule has 6 nitrogen and oxygen atoms in total. The number of hydrogen-bond donors (Lipinski definition) is 1. The van der Waals surface area contributed by atoms with Crippen molar-refractivity contribution in [1.82, 2.24) is 0 Å². The molecule has 4 aromatic rings. The van der Waals surface area contributed by atoms with Gasteiger partial charge in [-0.25, -0.2) is 16.8 Å². The number of halogens is 1. The molecule has 0 aliphatic carbocycles. The average Bonchev–Trinajstić information content (AvgIpc) is 3.58. The van der Waals surface area contributed by atoms with Gasteiger partial charge in [-0.15, -0.1) is 0 Å². The van der Waals surface area contributed by atoms with Crippen LogP contribution in [-0.4, -0.2) is 29.9 Å². The van der Waals surface area contributed by atoms with Crippen molar-refractivity contribution < 1.29 is 16.8 Å². The minimum absolute atomic E-state index is 0. The molecule has 0 saturated heterocycles. The number of sulfonamides is 1. The monoisotopic (exact) mass is 570 g/mol. The summed E-state index contributed by atoms with van der Waals surface area (Å²) in [4.78, 5) is 0.485. The number of fused-ring (bicyclic) bond motifs is 2. The fraction of sp³-hybridized carbons (Fsp3) is 0.172. The van der Waals surface area contributed by atoms with Crippen LogP contribution in [0.15, 0.2) is 119 Å². The Morgan fingerprint density at radius 1 is 0.632 bits per heavy atom. The third-order valence-corrected chi connectivity index (χ3v) is 9.12. The molecule has 6 rings (SSSR count). The normalized spacial score (nSPS) is 13.3. The van der Waals surface area contributed by atoms with E-state index >= 15 is 0 Å². The van der Waals surface area contributed by atoms with E-state index in [1.165, 1.54) is 34.1 Å². The number of hydrogen-bond acceptors (Lipinski definition) is 5. The first kappa shape index (κ1) is 29.2. The average molecular weight is 571 g/mol. The smallest absolute Gasteiger partial charge is 0.264 e. The van der Waals surface area contributed by atoms with Gasteiger partial charge in [0.25, 0.3) is 19.1 Å². The van der Waals surface area contributed by atoms with Gasteiger partial charge in [-0.2, -0.15) is 0 Å². The first-order chi connectivity index (χ1) is 17.8. The highest BCUT2D eigenvalue weighted by Crippen LogP contribution is 2.32. The van der Waals surface area contributed by atoms with E-state index in [-0.39, 0.29) is 12.3 Å². The zero-order valence-electron chi connectivity index (χ0n) is 20.0. The van der Waals surface area contributed by atoms with Crippen molar-refractivity contribution in [2.45, 2.75) is 30.1 Å². The molecule has 0 amide bonds. The van der Waals surface area contributed by atoms with Crippen LogP contribution in [0.2, 0.25) is 0 Å². The highest BCUT2D eigenvalue weighted by atomic mass is 35.7. The number of nitrogens with zero attached hydrogens (tertiary/aromatic N) is 1. The second-order valence-corrected chi connectivity index (χ2v) is 12.8. The molecule has 0 fully saturated rings. The maximum absolute atomic E-state index is 12.5. The van der Waals surface area contributed by atoms with Gasteiger partial charge >= 0.3 is 0 Å². The van der Waals surface area contributed by atoms with Gasteiger partial charge in [-0.3, -0.25) is 4.31 Å². The third kappa shape index (κ3) is 7.16. The Kier molecular flexibility index (Phi) is 9.96. The van der Waals surface area contributed by atoms with E-state index in [0.29, 0.717) is 11.4 Å². The Morgan fingerprint density at radius 2 is 1.16 bits per heavy atom. The molecule has 4 aromatic carbocycles. The number of benzene rings is 4. The summed E-state index contributed by atoms with van der Waals surface area (Å²) in [5.74, 6) is 0. The lowest BCUT2D eigenvalue weighted by Gasteiger charge is -2.19. The van der Waals surface area contributed by atoms with Crippen LogP contribution < -0.4 is 9.62 Å². The molecule has 9 heteroatoms. The van der Waals surface area contributed by atoms with Gasteiger partial charge in [0.05, 0.1) is 15.5 Å². The molecule has 2 aliphatic heterocycles. The Morgan fingerprint density at radius 3 is 1.74 bits per heavy atom. The van der Waals surface area contributed by atoms with Crippen molar-refractivity contribution in [2.75, 3.05) is 22.7 Å². The Labute approximate surface area is 230 Å². The first-order valence-electron chi connectivity index (χ1n) is 11.7. The van der Waals surface area contributed by atoms with Crippen LogP contribution in [0.5, 0.6) is 0 Å². The van der Waals surface area contributed by atoms with E-state index in [9.17, 15) is 16.8 Å². The highest BCUT2D eigenvalue weighted by Gasteiger charge is 2.30. The number of nitrogens with one attached hydrogen (secondary N) is 1. The quantitative estimate of drug-likeness (QED) is 0.290. The van der Waals surface area contributed by atoms with Gasteiger partial charge in [-0.05, 0) is 60.4 Å². The number of rotatable bonds is 3. The Bertz CT molecular complexity index is 1520. The Hall–Kier alpha value is -3.33. The maximum Gasteiger partial charge on any atom is 0.264 e. The van der Waals surface area contributed by atoms with Gasteiger partial charge in [0.2, 0.25) is 0 Å². The van der Waals surface area contributed by atoms with Crippen molar-refractivity contribution >= 4 is 41.1 Å². The van der Waals surface area contributed by atoms with E-state index in [1.54, 1.807) is 42.5 Å². The van der Waals surface area contributed by atoms with E-state index in [2.05, 4.69) is 29.6 Å². The summed E-state index contributed by atoms with van der Waals surface area (Å²) >= 11 is 0. The van der Waals surface area contributed by atoms with Gasteiger partial charge in [0.1, 0.15) is 0 Å². The molecule has 0 unspecified atom stereocenters. The van der Waals surface area contributed by atoms with Crippen LogP contribution in [-0.2, 0) is 31.9 Å². The topological polar surface area (TPSA) is 83.5 Å². The van der Waals surface area contributed by atoms with Gasteiger partial charge in [0.15, 0.2) is 0 Å². The maximum atomic E-state index is 12.5. The molecule has 0 radical (unpaired) electrons. The highest BCUT2D eigenvalue weighted by molar-refractivity contribution is 8.13. The van der Waals surface area contributed by atoms with Crippen molar-refractivity contribution in [2.24, 2.45) is 0 Å². The molecule has 0 atom stereocenters. The van der Waals surface area contributed by atoms with Gasteiger partial charge < -0.3 is 5.32 Å². The Balaban J connectivity index is 0.000000170. The van der Waals surface area contributed by atoms with Gasteiger partial charge in [-0.1, -0.05) is 80.2 Å². The minimum atomic E-state index is -3.53. The summed E-state index contributed by atoms with van der Waals surface area (Å²) < 4.78 is 47.7. The van der Waals surface area contributed by atoms with Crippen molar-refractivity contribution in [3.8, 4) is 0 Å². The van der Waals surface area contributed by atoms with Crippen molar-refractivity contribution in [3.63, 3.8) is 0 Å². The van der Waals surface area contributed by atoms with E-state index in [1.807, 2.05) is 30.3 Å². The first-order valence-corrected chi connectivity index (χ1v) is 15.5. The predicted octanol–water partition coefficient (Wildman–Crippen LogP) is 6.34. The van der Waals surface area contributed by atoms with E-state index < -0.39 is 19.1 Å². The number of para-hydroxylation sites is 2. The van der Waals surface area contributed by atoms with Crippen molar-refractivity contribution in [1.29, 1.82) is 0 Å². The molecule has 2 heterocycles. The molecule has 200 valence electrons. The summed E-state index contributed by atoms with van der Waals surface area (Å²) in [5.41, 5.74) is 4.67. The van der Waals surface area contributed by atoms with Crippen LogP contribution in [0.1, 0.15) is 18.6 Å². The summed E-state index contributed by atoms with van der Waals surface area (Å²) in [6.07, 6.45) is 1.97. The van der Waals surface area contributed by atoms with Crippen LogP contribution >= 0.6 is 10.7 Å². The summed E-state index contributed by atoms with van der Waals surface area (Å²) in [5, 5.41) is 3.30. The van der Waals surface area contributed by atoms with Crippen LogP contribution in [0, 0.1) is 0 Å². The fourth-order valence-corrected chi connectivity index (χ4v) is 6.42. The lowest BCUT2D eigenvalue weighted by Crippen LogP contribution is -2.28. The zero-order valence-corrected chi connectivity index (χ0v) is 22.4. The van der Waals surface area contributed by atoms with Crippen LogP contribution in [0.25, 0.3) is 0 Å². The lowest BCUT2D eigenvalue weighted by atomic mass is 10.2. The lowest BCUT2D eigenvalue weighted by molar-refractivity contribution is 0.592. The molecule has 2 aliphatic rings. The second-order valence-electron chi connectivity index (χ2n) is 8.35. The SMILES string of the molecule is C.O=S(=O)(Cl)c1ccccc1.O=S(=O)(c1ccccc1)N1CCc2ccccc21.c1ccc2c(c1)CCN2. The second kappa shape index (κ2) is 13.0. The van der Waals surface area contributed by atoms with Crippen molar-refractivity contribution in [3.05, 3.63) is 120 Å². The molecular weight excluding hydrogens is 540 g/mol. The zero-order chi connectivity index (χ0) is 26.3. The molecule has 38 heavy (non-hydrogen) atoms. The third-order valence-electron chi connectivity index (χ3n) is 5.93. The molecule has 0 aromatic heterocycles. The number of anilines is 2.